The van der Waals surface area contributed by atoms with E-state index in [1.54, 1.807) is 0 Å². The van der Waals surface area contributed by atoms with Gasteiger partial charge >= 0.3 is 0 Å². The van der Waals surface area contributed by atoms with Gasteiger partial charge in [-0.15, -0.1) is 0 Å². The lowest BCUT2D eigenvalue weighted by Gasteiger charge is -2.13. The molecule has 0 aromatic heterocycles. The van der Waals surface area contributed by atoms with E-state index in [1.165, 1.54) is 35.7 Å². The van der Waals surface area contributed by atoms with Gasteiger partial charge in [0, 0.05) is 4.47 Å². The van der Waals surface area contributed by atoms with Gasteiger partial charge in [-0.05, 0) is 80.1 Å². The van der Waals surface area contributed by atoms with Gasteiger partial charge in [-0.25, -0.2) is 0 Å². The van der Waals surface area contributed by atoms with Crippen LogP contribution in [-0.4, -0.2) is 18.9 Å². The smallest absolute Gasteiger partial charge is 0.118 e. The first-order chi connectivity index (χ1) is 12.0. The number of rotatable bonds is 5. The SMILES string of the molecule is C=O.CCCc1cccc(C)c1CCc1cc(O)c(C)cc1Br.CN. The van der Waals surface area contributed by atoms with E-state index in [0.29, 0.717) is 5.75 Å². The number of phenols is 1. The van der Waals surface area contributed by atoms with Crippen molar-refractivity contribution in [1.29, 1.82) is 0 Å². The number of benzene rings is 2. The Morgan fingerprint density at radius 1 is 1.00 bits per heavy atom. The molecule has 4 heteroatoms. The van der Waals surface area contributed by atoms with Gasteiger partial charge in [0.25, 0.3) is 0 Å². The molecule has 0 fully saturated rings. The van der Waals surface area contributed by atoms with Crippen LogP contribution in [0.5, 0.6) is 5.75 Å². The molecule has 0 spiro atoms. The summed E-state index contributed by atoms with van der Waals surface area (Å²) in [5, 5.41) is 9.89. The standard InChI is InChI=1S/C19H23BrO.CH5N.CH2O/c1-4-6-15-8-5-7-13(2)17(15)10-9-16-12-19(21)14(3)11-18(16)20;2*1-2/h5,7-8,11-12,21H,4,6,9-10H2,1-3H3;2H2,1H3;1H2. The number of carbonyl (C=O) groups is 1. The Kier molecular flexibility index (Phi) is 11.8. The first-order valence-electron chi connectivity index (χ1n) is 8.45. The second kappa shape index (κ2) is 12.7. The molecule has 0 unspecified atom stereocenters. The second-order valence-corrected chi connectivity index (χ2v) is 6.55. The summed E-state index contributed by atoms with van der Waals surface area (Å²) in [4.78, 5) is 8.00. The highest BCUT2D eigenvalue weighted by Gasteiger charge is 2.09. The fraction of sp³-hybridized carbons (Fsp3) is 0.381. The summed E-state index contributed by atoms with van der Waals surface area (Å²) in [6.45, 7) is 8.33. The van der Waals surface area contributed by atoms with Gasteiger partial charge in [0.05, 0.1) is 0 Å². The highest BCUT2D eigenvalue weighted by atomic mass is 79.9. The maximum atomic E-state index is 9.89. The molecule has 2 rings (SSSR count). The summed E-state index contributed by atoms with van der Waals surface area (Å²) < 4.78 is 1.09. The van der Waals surface area contributed by atoms with E-state index in [9.17, 15) is 5.11 Å². The first kappa shape index (κ1) is 23.4. The maximum absolute atomic E-state index is 9.89. The van der Waals surface area contributed by atoms with Crippen LogP contribution in [0.25, 0.3) is 0 Å². The molecule has 0 aliphatic carbocycles. The van der Waals surface area contributed by atoms with Gasteiger partial charge in [-0.2, -0.15) is 0 Å². The summed E-state index contributed by atoms with van der Waals surface area (Å²) in [5.41, 5.74) is 10.9. The third-order valence-electron chi connectivity index (χ3n) is 4.04. The number of hydrogen-bond acceptors (Lipinski definition) is 3. The Balaban J connectivity index is 0.00000134. The number of nitrogens with two attached hydrogens (primary N) is 1. The van der Waals surface area contributed by atoms with Crippen molar-refractivity contribution in [3.05, 3.63) is 62.6 Å². The highest BCUT2D eigenvalue weighted by molar-refractivity contribution is 9.10. The summed E-state index contributed by atoms with van der Waals surface area (Å²) in [5.74, 6) is 0.381. The van der Waals surface area contributed by atoms with Crippen LogP contribution in [0.1, 0.15) is 41.2 Å². The molecule has 0 aliphatic rings. The molecule has 0 aliphatic heterocycles. The minimum atomic E-state index is 0.381. The van der Waals surface area contributed by atoms with Crippen molar-refractivity contribution in [2.24, 2.45) is 5.73 Å². The van der Waals surface area contributed by atoms with Crippen LogP contribution in [0.2, 0.25) is 0 Å². The predicted molar refractivity (Wildman–Crippen MR) is 110 cm³/mol. The number of halogens is 1. The Morgan fingerprint density at radius 3 is 2.24 bits per heavy atom. The molecule has 138 valence electrons. The molecule has 2 aromatic carbocycles. The lowest BCUT2D eigenvalue weighted by molar-refractivity contribution is -0.0979. The largest absolute Gasteiger partial charge is 0.508 e. The molecule has 0 saturated carbocycles. The highest BCUT2D eigenvalue weighted by Crippen LogP contribution is 2.28. The summed E-state index contributed by atoms with van der Waals surface area (Å²) in [6, 6.07) is 10.5. The van der Waals surface area contributed by atoms with Gasteiger partial charge < -0.3 is 15.6 Å². The van der Waals surface area contributed by atoms with Gasteiger partial charge in [0.1, 0.15) is 12.5 Å². The average Bonchev–Trinajstić information content (AvgIpc) is 2.62. The van der Waals surface area contributed by atoms with E-state index in [1.807, 2.05) is 25.8 Å². The Bertz CT molecular complexity index is 657. The Labute approximate surface area is 160 Å². The fourth-order valence-electron chi connectivity index (χ4n) is 2.78. The van der Waals surface area contributed by atoms with Crippen LogP contribution < -0.4 is 5.73 Å². The molecule has 0 radical (unpaired) electrons. The lowest BCUT2D eigenvalue weighted by Crippen LogP contribution is -2.01. The number of phenolic OH excluding ortho intramolecular Hbond substituents is 1. The van der Waals surface area contributed by atoms with E-state index in [2.05, 4.69) is 53.7 Å². The number of aryl methyl sites for hydroxylation is 4. The topological polar surface area (TPSA) is 63.3 Å². The van der Waals surface area contributed by atoms with Crippen LogP contribution in [0.15, 0.2) is 34.8 Å². The molecule has 0 amide bonds. The van der Waals surface area contributed by atoms with Gasteiger partial charge in [-0.1, -0.05) is 47.5 Å². The van der Waals surface area contributed by atoms with Gasteiger partial charge in [0.2, 0.25) is 0 Å². The number of hydrogen-bond donors (Lipinski definition) is 2. The van der Waals surface area contributed by atoms with Crippen molar-refractivity contribution in [2.75, 3.05) is 7.05 Å². The lowest BCUT2D eigenvalue weighted by atomic mass is 9.93. The minimum absolute atomic E-state index is 0.381. The molecular weight excluding hydrogens is 378 g/mol. The quantitative estimate of drug-likeness (QED) is 0.740. The number of carbonyl (C=O) groups excluding carboxylic acids is 1. The van der Waals surface area contributed by atoms with Crippen molar-refractivity contribution in [3.8, 4) is 5.75 Å². The van der Waals surface area contributed by atoms with Crippen LogP contribution in [0, 0.1) is 13.8 Å². The molecule has 25 heavy (non-hydrogen) atoms. The maximum Gasteiger partial charge on any atom is 0.118 e. The second-order valence-electron chi connectivity index (χ2n) is 5.69. The zero-order valence-electron chi connectivity index (χ0n) is 15.7. The van der Waals surface area contributed by atoms with Crippen LogP contribution >= 0.6 is 15.9 Å². The Morgan fingerprint density at radius 2 is 1.64 bits per heavy atom. The normalized spacial score (nSPS) is 9.52. The van der Waals surface area contributed by atoms with E-state index >= 15 is 0 Å². The van der Waals surface area contributed by atoms with E-state index in [0.717, 1.165) is 29.3 Å². The first-order valence-corrected chi connectivity index (χ1v) is 9.24. The zero-order valence-corrected chi connectivity index (χ0v) is 17.3. The molecular formula is C21H30BrNO2. The van der Waals surface area contributed by atoms with Gasteiger partial charge in [0.15, 0.2) is 0 Å². The van der Waals surface area contributed by atoms with Gasteiger partial charge in [-0.3, -0.25) is 0 Å². The Hall–Kier alpha value is -1.65. The molecule has 0 atom stereocenters. The fourth-order valence-corrected chi connectivity index (χ4v) is 3.44. The van der Waals surface area contributed by atoms with Crippen molar-refractivity contribution < 1.29 is 9.90 Å². The van der Waals surface area contributed by atoms with Crippen molar-refractivity contribution in [1.82, 2.24) is 0 Å². The van der Waals surface area contributed by atoms with E-state index in [-0.39, 0.29) is 0 Å². The number of aromatic hydroxyl groups is 1. The summed E-state index contributed by atoms with van der Waals surface area (Å²) in [7, 11) is 1.50. The van der Waals surface area contributed by atoms with E-state index in [4.69, 9.17) is 4.79 Å². The molecule has 0 heterocycles. The van der Waals surface area contributed by atoms with Crippen molar-refractivity contribution in [3.63, 3.8) is 0 Å². The van der Waals surface area contributed by atoms with Crippen molar-refractivity contribution >= 4 is 22.7 Å². The molecule has 2 aromatic rings. The summed E-state index contributed by atoms with van der Waals surface area (Å²) >= 11 is 3.61. The molecule has 0 bridgehead atoms. The average molecular weight is 408 g/mol. The molecule has 3 N–H and O–H groups in total. The molecule has 3 nitrogen and oxygen atoms in total. The minimum Gasteiger partial charge on any atom is -0.508 e. The van der Waals surface area contributed by atoms with Crippen LogP contribution in [0.3, 0.4) is 0 Å². The summed E-state index contributed by atoms with van der Waals surface area (Å²) in [6.07, 6.45) is 4.27. The van der Waals surface area contributed by atoms with Crippen LogP contribution in [0.4, 0.5) is 0 Å². The van der Waals surface area contributed by atoms with Crippen LogP contribution in [-0.2, 0) is 24.1 Å². The third kappa shape index (κ3) is 7.00. The van der Waals surface area contributed by atoms with E-state index < -0.39 is 0 Å². The predicted octanol–water partition coefficient (Wildman–Crippen LogP) is 4.90. The zero-order chi connectivity index (χ0) is 19.4. The molecule has 0 saturated heterocycles. The van der Waals surface area contributed by atoms with Crippen molar-refractivity contribution in [2.45, 2.75) is 46.5 Å². The monoisotopic (exact) mass is 407 g/mol. The third-order valence-corrected chi connectivity index (χ3v) is 4.77.